The van der Waals surface area contributed by atoms with Crippen molar-refractivity contribution in [1.29, 1.82) is 0 Å². The summed E-state index contributed by atoms with van der Waals surface area (Å²) in [6.07, 6.45) is 4.03. The minimum absolute atomic E-state index is 0.177. The standard InChI is InChI=1S/C18H23N5O3/c19-17(24)12-26-15-5-1-3-13(9-15)10-21-18(25)16-6-8-23(22-16)14-4-2-7-20-11-14/h1,3,5-6,8-9,14,20H,2,4,7,10-12H2,(H2,19,24)(H,21,25). The van der Waals surface area contributed by atoms with E-state index in [1.54, 1.807) is 24.3 Å². The molecule has 26 heavy (non-hydrogen) atoms. The van der Waals surface area contributed by atoms with Crippen LogP contribution < -0.4 is 21.1 Å². The van der Waals surface area contributed by atoms with Gasteiger partial charge in [-0.15, -0.1) is 0 Å². The first-order valence-electron chi connectivity index (χ1n) is 8.66. The smallest absolute Gasteiger partial charge is 0.272 e. The van der Waals surface area contributed by atoms with Gasteiger partial charge in [0.1, 0.15) is 11.4 Å². The number of ether oxygens (including phenoxy) is 1. The Balaban J connectivity index is 1.54. The molecule has 8 heteroatoms. The minimum atomic E-state index is -0.535. The third-order valence-electron chi connectivity index (χ3n) is 4.22. The van der Waals surface area contributed by atoms with Crippen molar-refractivity contribution in [2.45, 2.75) is 25.4 Å². The van der Waals surface area contributed by atoms with E-state index < -0.39 is 5.91 Å². The number of nitrogens with two attached hydrogens (primary N) is 1. The fourth-order valence-corrected chi connectivity index (χ4v) is 2.89. The molecular weight excluding hydrogens is 334 g/mol. The Morgan fingerprint density at radius 2 is 2.27 bits per heavy atom. The average Bonchev–Trinajstić information content (AvgIpc) is 3.16. The van der Waals surface area contributed by atoms with Gasteiger partial charge >= 0.3 is 0 Å². The second-order valence-electron chi connectivity index (χ2n) is 6.27. The third kappa shape index (κ3) is 4.82. The van der Waals surface area contributed by atoms with Crippen LogP contribution in [-0.4, -0.2) is 41.3 Å². The number of aromatic nitrogens is 2. The molecule has 1 fully saturated rings. The molecule has 0 aliphatic carbocycles. The Hall–Kier alpha value is -2.87. The summed E-state index contributed by atoms with van der Waals surface area (Å²) in [4.78, 5) is 23.1. The van der Waals surface area contributed by atoms with Crippen molar-refractivity contribution in [2.24, 2.45) is 5.73 Å². The van der Waals surface area contributed by atoms with E-state index in [9.17, 15) is 9.59 Å². The fraction of sp³-hybridized carbons (Fsp3) is 0.389. The van der Waals surface area contributed by atoms with E-state index in [0.29, 0.717) is 24.0 Å². The van der Waals surface area contributed by atoms with Crippen LogP contribution in [0.2, 0.25) is 0 Å². The largest absolute Gasteiger partial charge is 0.484 e. The van der Waals surface area contributed by atoms with Crippen LogP contribution in [0.4, 0.5) is 0 Å². The highest BCUT2D eigenvalue weighted by Crippen LogP contribution is 2.16. The number of benzene rings is 1. The third-order valence-corrected chi connectivity index (χ3v) is 4.22. The van der Waals surface area contributed by atoms with E-state index in [-0.39, 0.29) is 12.5 Å². The number of carbonyl (C=O) groups excluding carboxylic acids is 2. The van der Waals surface area contributed by atoms with Crippen LogP contribution in [0.3, 0.4) is 0 Å². The average molecular weight is 357 g/mol. The molecule has 2 amide bonds. The van der Waals surface area contributed by atoms with Gasteiger partial charge in [0.05, 0.1) is 6.04 Å². The number of hydrogen-bond donors (Lipinski definition) is 3. The molecule has 0 bridgehead atoms. The zero-order valence-corrected chi connectivity index (χ0v) is 14.5. The summed E-state index contributed by atoms with van der Waals surface area (Å²) in [6.45, 7) is 2.07. The molecule has 0 radical (unpaired) electrons. The highest BCUT2D eigenvalue weighted by Gasteiger charge is 2.17. The molecule has 1 atom stereocenters. The van der Waals surface area contributed by atoms with Crippen LogP contribution in [0.15, 0.2) is 36.5 Å². The molecule has 4 N–H and O–H groups in total. The van der Waals surface area contributed by atoms with Gasteiger partial charge in [-0.1, -0.05) is 12.1 Å². The summed E-state index contributed by atoms with van der Waals surface area (Å²) in [7, 11) is 0. The van der Waals surface area contributed by atoms with Gasteiger partial charge < -0.3 is 21.1 Å². The van der Waals surface area contributed by atoms with Crippen molar-refractivity contribution < 1.29 is 14.3 Å². The van der Waals surface area contributed by atoms with Gasteiger partial charge in [0.2, 0.25) is 0 Å². The lowest BCUT2D eigenvalue weighted by molar-refractivity contribution is -0.119. The van der Waals surface area contributed by atoms with E-state index in [0.717, 1.165) is 31.5 Å². The summed E-state index contributed by atoms with van der Waals surface area (Å²) < 4.78 is 7.12. The van der Waals surface area contributed by atoms with Crippen molar-refractivity contribution >= 4 is 11.8 Å². The molecule has 8 nitrogen and oxygen atoms in total. The summed E-state index contributed by atoms with van der Waals surface area (Å²) in [6, 6.07) is 9.18. The first-order chi connectivity index (χ1) is 12.6. The summed E-state index contributed by atoms with van der Waals surface area (Å²) in [5.41, 5.74) is 6.32. The van der Waals surface area contributed by atoms with Crippen LogP contribution >= 0.6 is 0 Å². The van der Waals surface area contributed by atoms with Gasteiger partial charge in [-0.05, 0) is 43.1 Å². The molecule has 1 aromatic carbocycles. The first kappa shape index (κ1) is 17.9. The predicted molar refractivity (Wildman–Crippen MR) is 95.7 cm³/mol. The predicted octanol–water partition coefficient (Wildman–Crippen LogP) is 0.602. The van der Waals surface area contributed by atoms with Gasteiger partial charge in [0.25, 0.3) is 11.8 Å². The quantitative estimate of drug-likeness (QED) is 0.672. The van der Waals surface area contributed by atoms with E-state index in [4.69, 9.17) is 10.5 Å². The van der Waals surface area contributed by atoms with Crippen LogP contribution in [-0.2, 0) is 11.3 Å². The second kappa shape index (κ2) is 8.48. The van der Waals surface area contributed by atoms with Crippen LogP contribution in [0.5, 0.6) is 5.75 Å². The topological polar surface area (TPSA) is 111 Å². The number of primary amides is 1. The Bertz CT molecular complexity index is 768. The Morgan fingerprint density at radius 3 is 3.04 bits per heavy atom. The van der Waals surface area contributed by atoms with Crippen LogP contribution in [0, 0.1) is 0 Å². The Labute approximate surface area is 151 Å². The molecule has 1 unspecified atom stereocenters. The number of nitrogens with one attached hydrogen (secondary N) is 2. The maximum atomic E-state index is 12.3. The Morgan fingerprint density at radius 1 is 1.38 bits per heavy atom. The molecule has 1 aromatic heterocycles. The van der Waals surface area contributed by atoms with Gasteiger partial charge in [-0.2, -0.15) is 5.10 Å². The van der Waals surface area contributed by atoms with Crippen molar-refractivity contribution in [3.8, 4) is 5.75 Å². The van der Waals surface area contributed by atoms with E-state index in [1.165, 1.54) is 0 Å². The fourth-order valence-electron chi connectivity index (χ4n) is 2.89. The summed E-state index contributed by atoms with van der Waals surface area (Å²) >= 11 is 0. The molecule has 2 aromatic rings. The normalized spacial score (nSPS) is 16.8. The molecule has 138 valence electrons. The van der Waals surface area contributed by atoms with Gasteiger partial charge in [0, 0.05) is 19.3 Å². The molecular formula is C18H23N5O3. The van der Waals surface area contributed by atoms with Gasteiger partial charge in [0.15, 0.2) is 6.61 Å². The monoisotopic (exact) mass is 357 g/mol. The number of nitrogens with zero attached hydrogens (tertiary/aromatic N) is 2. The number of rotatable bonds is 7. The summed E-state index contributed by atoms with van der Waals surface area (Å²) in [5, 5.41) is 10.6. The van der Waals surface area contributed by atoms with Crippen molar-refractivity contribution in [3.05, 3.63) is 47.8 Å². The van der Waals surface area contributed by atoms with Crippen LogP contribution in [0.25, 0.3) is 0 Å². The maximum Gasteiger partial charge on any atom is 0.272 e. The molecule has 2 heterocycles. The zero-order chi connectivity index (χ0) is 18.4. The van der Waals surface area contributed by atoms with Gasteiger partial charge in [-0.25, -0.2) is 0 Å². The zero-order valence-electron chi connectivity index (χ0n) is 14.5. The van der Waals surface area contributed by atoms with E-state index in [2.05, 4.69) is 15.7 Å². The lowest BCUT2D eigenvalue weighted by atomic mass is 10.1. The highest BCUT2D eigenvalue weighted by molar-refractivity contribution is 5.92. The number of carbonyl (C=O) groups is 2. The number of piperidine rings is 1. The van der Waals surface area contributed by atoms with Crippen molar-refractivity contribution in [3.63, 3.8) is 0 Å². The van der Waals surface area contributed by atoms with Crippen molar-refractivity contribution in [2.75, 3.05) is 19.7 Å². The molecule has 0 spiro atoms. The van der Waals surface area contributed by atoms with E-state index >= 15 is 0 Å². The van der Waals surface area contributed by atoms with Crippen molar-refractivity contribution in [1.82, 2.24) is 20.4 Å². The minimum Gasteiger partial charge on any atom is -0.484 e. The molecule has 1 aliphatic heterocycles. The molecule has 1 saturated heterocycles. The van der Waals surface area contributed by atoms with Gasteiger partial charge in [-0.3, -0.25) is 14.3 Å². The highest BCUT2D eigenvalue weighted by atomic mass is 16.5. The second-order valence-corrected chi connectivity index (χ2v) is 6.27. The molecule has 1 aliphatic rings. The summed E-state index contributed by atoms with van der Waals surface area (Å²) in [5.74, 6) is -0.229. The first-order valence-corrected chi connectivity index (χ1v) is 8.66. The maximum absolute atomic E-state index is 12.3. The lowest BCUT2D eigenvalue weighted by Gasteiger charge is -2.22. The number of amides is 2. The van der Waals surface area contributed by atoms with Crippen LogP contribution in [0.1, 0.15) is 34.9 Å². The van der Waals surface area contributed by atoms with E-state index in [1.807, 2.05) is 16.9 Å². The SMILES string of the molecule is NC(=O)COc1cccc(CNC(=O)c2ccn(C3CCCNC3)n2)c1. The number of hydrogen-bond acceptors (Lipinski definition) is 5. The lowest BCUT2D eigenvalue weighted by Crippen LogP contribution is -2.32. The Kier molecular flexibility index (Phi) is 5.85. The molecule has 3 rings (SSSR count). The molecule has 0 saturated carbocycles.